The number of hydrogen-bond acceptors (Lipinski definition) is 4. The molecule has 0 saturated heterocycles. The highest BCUT2D eigenvalue weighted by molar-refractivity contribution is 5.74. The molecule has 0 aliphatic heterocycles. The Morgan fingerprint density at radius 1 is 1.23 bits per heavy atom. The van der Waals surface area contributed by atoms with Crippen LogP contribution >= 0.6 is 0 Å². The summed E-state index contributed by atoms with van der Waals surface area (Å²) in [5, 5.41) is 2.98. The minimum Gasteiger partial charge on any atom is -0.359 e. The number of nitrogens with zero attached hydrogens (tertiary/aromatic N) is 3. The number of aromatic amines is 1. The summed E-state index contributed by atoms with van der Waals surface area (Å²) >= 11 is 0. The number of imidazole rings is 1. The molecule has 0 aliphatic carbocycles. The van der Waals surface area contributed by atoms with Gasteiger partial charge in [0.15, 0.2) is 11.2 Å². The molecule has 2 heterocycles. The summed E-state index contributed by atoms with van der Waals surface area (Å²) in [6.45, 7) is 0.595. The molecular formula is C15H17N5O2. The van der Waals surface area contributed by atoms with Crippen LogP contribution in [0, 0.1) is 0 Å². The Kier molecular flexibility index (Phi) is 3.54. The third kappa shape index (κ3) is 2.30. The molecule has 0 unspecified atom stereocenters. The van der Waals surface area contributed by atoms with Crippen molar-refractivity contribution in [3.8, 4) is 0 Å². The highest BCUT2D eigenvalue weighted by Crippen LogP contribution is 2.15. The maximum Gasteiger partial charge on any atom is 0.329 e. The van der Waals surface area contributed by atoms with Crippen molar-refractivity contribution in [3.05, 3.63) is 56.7 Å². The number of aromatic nitrogens is 4. The number of fused-ring (bicyclic) bond motifs is 1. The molecule has 3 aromatic rings. The zero-order valence-corrected chi connectivity index (χ0v) is 12.5. The summed E-state index contributed by atoms with van der Waals surface area (Å²) in [5.74, 6) is 0.567. The van der Waals surface area contributed by atoms with Crippen LogP contribution < -0.4 is 16.6 Å². The lowest BCUT2D eigenvalue weighted by Gasteiger charge is -2.08. The smallest absolute Gasteiger partial charge is 0.329 e. The number of H-pyrrole nitrogens is 1. The lowest BCUT2D eigenvalue weighted by atomic mass is 10.1. The van der Waals surface area contributed by atoms with E-state index in [4.69, 9.17) is 0 Å². The van der Waals surface area contributed by atoms with Crippen LogP contribution in [0.2, 0.25) is 0 Å². The van der Waals surface area contributed by atoms with Crippen LogP contribution in [-0.4, -0.2) is 26.1 Å². The summed E-state index contributed by atoms with van der Waals surface area (Å²) in [4.78, 5) is 30.5. The second-order valence-electron chi connectivity index (χ2n) is 5.06. The molecule has 7 nitrogen and oxygen atoms in total. The molecule has 114 valence electrons. The van der Waals surface area contributed by atoms with Crippen LogP contribution in [0.25, 0.3) is 11.2 Å². The minimum absolute atomic E-state index is 0.381. The molecule has 0 atom stereocenters. The van der Waals surface area contributed by atoms with E-state index in [1.54, 1.807) is 18.7 Å². The summed E-state index contributed by atoms with van der Waals surface area (Å²) in [6.07, 6.45) is 0.767. The third-order valence-corrected chi connectivity index (χ3v) is 3.70. The SMILES string of the molecule is CNc1nc2c(c(=O)[nH]c(=O)n2C)n1CCc1ccccc1. The van der Waals surface area contributed by atoms with Gasteiger partial charge < -0.3 is 9.88 Å². The van der Waals surface area contributed by atoms with Gasteiger partial charge >= 0.3 is 5.69 Å². The monoisotopic (exact) mass is 299 g/mol. The molecule has 0 spiro atoms. The minimum atomic E-state index is -0.465. The molecule has 2 N–H and O–H groups in total. The first kappa shape index (κ1) is 14.1. The van der Waals surface area contributed by atoms with E-state index in [-0.39, 0.29) is 0 Å². The predicted molar refractivity (Wildman–Crippen MR) is 85.3 cm³/mol. The Hall–Kier alpha value is -2.83. The maximum absolute atomic E-state index is 12.2. The van der Waals surface area contributed by atoms with E-state index in [1.165, 1.54) is 10.1 Å². The number of benzene rings is 1. The molecule has 0 fully saturated rings. The van der Waals surface area contributed by atoms with E-state index < -0.39 is 11.2 Å². The van der Waals surface area contributed by atoms with Crippen molar-refractivity contribution < 1.29 is 0 Å². The molecule has 0 bridgehead atoms. The van der Waals surface area contributed by atoms with Crippen LogP contribution in [0.1, 0.15) is 5.56 Å². The summed E-state index contributed by atoms with van der Waals surface area (Å²) in [5.41, 5.74) is 1.08. The lowest BCUT2D eigenvalue weighted by Crippen LogP contribution is -2.29. The first-order valence-corrected chi connectivity index (χ1v) is 7.03. The van der Waals surface area contributed by atoms with Gasteiger partial charge in [-0.05, 0) is 12.0 Å². The zero-order chi connectivity index (χ0) is 15.7. The van der Waals surface area contributed by atoms with Gasteiger partial charge in [0.25, 0.3) is 5.56 Å². The van der Waals surface area contributed by atoms with Gasteiger partial charge in [-0.1, -0.05) is 30.3 Å². The summed E-state index contributed by atoms with van der Waals surface area (Å²) in [7, 11) is 3.33. The molecule has 2 aromatic heterocycles. The van der Waals surface area contributed by atoms with Gasteiger partial charge in [-0.15, -0.1) is 0 Å². The number of rotatable bonds is 4. The van der Waals surface area contributed by atoms with Gasteiger partial charge in [-0.25, -0.2) is 4.79 Å². The average Bonchev–Trinajstić information content (AvgIpc) is 2.91. The highest BCUT2D eigenvalue weighted by Gasteiger charge is 2.16. The van der Waals surface area contributed by atoms with Gasteiger partial charge in [0.05, 0.1) is 0 Å². The van der Waals surface area contributed by atoms with Gasteiger partial charge in [0.1, 0.15) is 0 Å². The first-order chi connectivity index (χ1) is 10.6. The quantitative estimate of drug-likeness (QED) is 0.743. The predicted octanol–water partition coefficient (Wildman–Crippen LogP) is 0.708. The molecule has 3 rings (SSSR count). The topological polar surface area (TPSA) is 84.7 Å². The van der Waals surface area contributed by atoms with E-state index in [1.807, 2.05) is 30.3 Å². The lowest BCUT2D eigenvalue weighted by molar-refractivity contribution is 0.718. The van der Waals surface area contributed by atoms with Crippen molar-refractivity contribution in [2.24, 2.45) is 7.05 Å². The number of hydrogen-bond donors (Lipinski definition) is 2. The second kappa shape index (κ2) is 5.51. The molecule has 1 aromatic carbocycles. The molecule has 0 amide bonds. The number of nitrogens with one attached hydrogen (secondary N) is 2. The van der Waals surface area contributed by atoms with E-state index in [0.29, 0.717) is 23.7 Å². The maximum atomic E-state index is 12.2. The first-order valence-electron chi connectivity index (χ1n) is 7.03. The fourth-order valence-electron chi connectivity index (χ4n) is 2.53. The Morgan fingerprint density at radius 3 is 2.64 bits per heavy atom. The number of aryl methyl sites for hydroxylation is 3. The summed E-state index contributed by atoms with van der Waals surface area (Å²) in [6, 6.07) is 10.0. The Labute approximate surface area is 126 Å². The van der Waals surface area contributed by atoms with Gasteiger partial charge in [-0.3, -0.25) is 14.3 Å². The van der Waals surface area contributed by atoms with E-state index in [9.17, 15) is 9.59 Å². The van der Waals surface area contributed by atoms with Crippen LogP contribution in [0.3, 0.4) is 0 Å². The largest absolute Gasteiger partial charge is 0.359 e. The van der Waals surface area contributed by atoms with Gasteiger partial charge in [-0.2, -0.15) is 4.98 Å². The van der Waals surface area contributed by atoms with Crippen molar-refractivity contribution in [1.29, 1.82) is 0 Å². The Morgan fingerprint density at radius 2 is 1.95 bits per heavy atom. The van der Waals surface area contributed by atoms with E-state index >= 15 is 0 Å². The van der Waals surface area contributed by atoms with Gasteiger partial charge in [0.2, 0.25) is 5.95 Å². The normalized spacial score (nSPS) is 11.0. The Bertz CT molecular complexity index is 921. The van der Waals surface area contributed by atoms with Crippen molar-refractivity contribution in [1.82, 2.24) is 19.1 Å². The van der Waals surface area contributed by atoms with Crippen LogP contribution in [0.15, 0.2) is 39.9 Å². The fraction of sp³-hybridized carbons (Fsp3) is 0.267. The zero-order valence-electron chi connectivity index (χ0n) is 12.5. The van der Waals surface area contributed by atoms with E-state index in [0.717, 1.165) is 6.42 Å². The highest BCUT2D eigenvalue weighted by atomic mass is 16.2. The molecule has 0 radical (unpaired) electrons. The average molecular weight is 299 g/mol. The van der Waals surface area contributed by atoms with Crippen LogP contribution in [-0.2, 0) is 20.0 Å². The van der Waals surface area contributed by atoms with E-state index in [2.05, 4.69) is 15.3 Å². The van der Waals surface area contributed by atoms with Crippen LogP contribution in [0.5, 0.6) is 0 Å². The molecule has 7 heteroatoms. The molecule has 0 saturated carbocycles. The fourth-order valence-corrected chi connectivity index (χ4v) is 2.53. The number of anilines is 1. The van der Waals surface area contributed by atoms with Crippen LogP contribution in [0.4, 0.5) is 5.95 Å². The van der Waals surface area contributed by atoms with Crippen molar-refractivity contribution in [2.45, 2.75) is 13.0 Å². The third-order valence-electron chi connectivity index (χ3n) is 3.70. The molecule has 0 aliphatic rings. The Balaban J connectivity index is 2.10. The van der Waals surface area contributed by atoms with Crippen molar-refractivity contribution in [3.63, 3.8) is 0 Å². The second-order valence-corrected chi connectivity index (χ2v) is 5.06. The molecular weight excluding hydrogens is 282 g/mol. The molecule has 22 heavy (non-hydrogen) atoms. The van der Waals surface area contributed by atoms with Gasteiger partial charge in [0, 0.05) is 20.6 Å². The van der Waals surface area contributed by atoms with Crippen molar-refractivity contribution >= 4 is 17.1 Å². The summed E-state index contributed by atoms with van der Waals surface area (Å²) < 4.78 is 3.15. The van der Waals surface area contributed by atoms with Crippen molar-refractivity contribution in [2.75, 3.05) is 12.4 Å². The standard InChI is InChI=1S/C15H17N5O2/c1-16-14-17-12-11(13(21)18-15(22)19(12)2)20(14)9-8-10-6-4-3-5-7-10/h3-7H,8-9H2,1-2H3,(H,16,17)(H,18,21,22).